The Labute approximate surface area is 186 Å². The van der Waals surface area contributed by atoms with E-state index in [1.807, 2.05) is 30.2 Å². The summed E-state index contributed by atoms with van der Waals surface area (Å²) in [5, 5.41) is 1.92. The van der Waals surface area contributed by atoms with Crippen molar-refractivity contribution in [3.05, 3.63) is 47.7 Å². The third-order valence-electron chi connectivity index (χ3n) is 5.98. The molecule has 3 heterocycles. The van der Waals surface area contributed by atoms with Gasteiger partial charge in [0, 0.05) is 37.2 Å². The average Bonchev–Trinajstić information content (AvgIpc) is 2.74. The number of hydrogen-bond donors (Lipinski definition) is 0. The highest BCUT2D eigenvalue weighted by atomic mass is 19.4. The highest BCUT2D eigenvalue weighted by Gasteiger charge is 2.41. The molecule has 0 aliphatic carbocycles. The van der Waals surface area contributed by atoms with Crippen molar-refractivity contribution in [1.29, 1.82) is 0 Å². The van der Waals surface area contributed by atoms with Crippen LogP contribution in [0.3, 0.4) is 0 Å². The van der Waals surface area contributed by atoms with Crippen molar-refractivity contribution in [3.63, 3.8) is 0 Å². The standard InChI is InChI=1S/C24H29F3N2O3/c1-3-11-30-22-12-16(2)7-9-21(22)31-20-13-18-5-4-6-19(14-20)29(18)32-23-10-8-17(15-28-23)24(25,26)27/h7-10,12,15,18-20H,3-6,11,13-14H2,1-2H3/t18-,19+,20?. The molecule has 0 saturated carbocycles. The lowest BCUT2D eigenvalue weighted by Gasteiger charge is -2.46. The van der Waals surface area contributed by atoms with Gasteiger partial charge in [-0.05, 0) is 49.9 Å². The normalized spacial score (nSPS) is 23.6. The number of piperidine rings is 2. The Morgan fingerprint density at radius 1 is 1.06 bits per heavy atom. The maximum Gasteiger partial charge on any atom is 0.417 e. The average molecular weight is 451 g/mol. The van der Waals surface area contributed by atoms with E-state index in [4.69, 9.17) is 14.3 Å². The monoisotopic (exact) mass is 450 g/mol. The number of aromatic nitrogens is 1. The lowest BCUT2D eigenvalue weighted by Crippen LogP contribution is -2.55. The van der Waals surface area contributed by atoms with Crippen LogP contribution in [0.4, 0.5) is 13.2 Å². The fraction of sp³-hybridized carbons (Fsp3) is 0.542. The van der Waals surface area contributed by atoms with E-state index in [0.717, 1.165) is 67.9 Å². The van der Waals surface area contributed by atoms with Gasteiger partial charge in [0.1, 0.15) is 6.10 Å². The van der Waals surface area contributed by atoms with Crippen LogP contribution in [0, 0.1) is 6.92 Å². The number of alkyl halides is 3. The zero-order valence-corrected chi connectivity index (χ0v) is 18.4. The molecule has 3 atom stereocenters. The minimum absolute atomic E-state index is 0.0254. The molecule has 2 aliphatic rings. The molecule has 0 radical (unpaired) electrons. The molecule has 2 aliphatic heterocycles. The van der Waals surface area contributed by atoms with E-state index in [1.165, 1.54) is 6.07 Å². The van der Waals surface area contributed by atoms with Crippen LogP contribution in [0.15, 0.2) is 36.5 Å². The first-order valence-electron chi connectivity index (χ1n) is 11.2. The number of benzene rings is 1. The maximum absolute atomic E-state index is 12.8. The molecule has 2 aromatic rings. The van der Waals surface area contributed by atoms with Crippen molar-refractivity contribution in [2.24, 2.45) is 0 Å². The number of aryl methyl sites for hydroxylation is 1. The number of fused-ring (bicyclic) bond motifs is 2. The molecule has 2 fully saturated rings. The van der Waals surface area contributed by atoms with Gasteiger partial charge in [0.25, 0.3) is 0 Å². The Hall–Kier alpha value is -2.48. The van der Waals surface area contributed by atoms with Gasteiger partial charge in [0.05, 0.1) is 12.2 Å². The molecule has 0 N–H and O–H groups in total. The Bertz CT molecular complexity index is 890. The summed E-state index contributed by atoms with van der Waals surface area (Å²) in [6.45, 7) is 4.73. The predicted molar refractivity (Wildman–Crippen MR) is 114 cm³/mol. The number of ether oxygens (including phenoxy) is 2. The van der Waals surface area contributed by atoms with Crippen molar-refractivity contribution < 1.29 is 27.5 Å². The summed E-state index contributed by atoms with van der Waals surface area (Å²) >= 11 is 0. The van der Waals surface area contributed by atoms with Crippen molar-refractivity contribution in [2.75, 3.05) is 6.61 Å². The third kappa shape index (κ3) is 5.28. The number of rotatable bonds is 7. The van der Waals surface area contributed by atoms with Crippen LogP contribution in [0.5, 0.6) is 17.4 Å². The Morgan fingerprint density at radius 3 is 2.44 bits per heavy atom. The zero-order chi connectivity index (χ0) is 22.7. The number of nitrogens with zero attached hydrogens (tertiary/aromatic N) is 2. The van der Waals surface area contributed by atoms with Crippen LogP contribution in [0.1, 0.15) is 56.6 Å². The number of hydroxylamine groups is 2. The summed E-state index contributed by atoms with van der Waals surface area (Å²) in [5.41, 5.74) is 0.337. The predicted octanol–water partition coefficient (Wildman–Crippen LogP) is 5.96. The molecular formula is C24H29F3N2O3. The summed E-state index contributed by atoms with van der Waals surface area (Å²) in [6.07, 6.45) is 1.90. The van der Waals surface area contributed by atoms with Gasteiger partial charge in [-0.2, -0.15) is 13.2 Å². The third-order valence-corrected chi connectivity index (χ3v) is 5.98. The molecule has 32 heavy (non-hydrogen) atoms. The Morgan fingerprint density at radius 2 is 1.81 bits per heavy atom. The lowest BCUT2D eigenvalue weighted by atomic mass is 9.84. The highest BCUT2D eigenvalue weighted by Crippen LogP contribution is 2.38. The Kier molecular flexibility index (Phi) is 6.79. The molecule has 1 unspecified atom stereocenters. The van der Waals surface area contributed by atoms with E-state index in [2.05, 4.69) is 11.9 Å². The van der Waals surface area contributed by atoms with Crippen LogP contribution in [0.25, 0.3) is 0 Å². The molecule has 5 nitrogen and oxygen atoms in total. The minimum Gasteiger partial charge on any atom is -0.490 e. The van der Waals surface area contributed by atoms with Crippen LogP contribution in [-0.4, -0.2) is 34.8 Å². The first kappa shape index (κ1) is 22.7. The zero-order valence-electron chi connectivity index (χ0n) is 18.4. The quantitative estimate of drug-likeness (QED) is 0.521. The van der Waals surface area contributed by atoms with Crippen molar-refractivity contribution in [1.82, 2.24) is 10.0 Å². The SMILES string of the molecule is CCCOc1cc(C)ccc1OC1C[C@H]2CCC[C@@H](C1)N2Oc1ccc(C(F)(F)F)cn1. The summed E-state index contributed by atoms with van der Waals surface area (Å²) < 4.78 is 50.6. The smallest absolute Gasteiger partial charge is 0.417 e. The summed E-state index contributed by atoms with van der Waals surface area (Å²) in [4.78, 5) is 9.83. The van der Waals surface area contributed by atoms with E-state index < -0.39 is 11.7 Å². The van der Waals surface area contributed by atoms with E-state index in [1.54, 1.807) is 0 Å². The summed E-state index contributed by atoms with van der Waals surface area (Å²) in [5.74, 6) is 1.71. The van der Waals surface area contributed by atoms with Gasteiger partial charge in [-0.25, -0.2) is 4.98 Å². The fourth-order valence-electron chi connectivity index (χ4n) is 4.46. The number of halogens is 3. The van der Waals surface area contributed by atoms with Gasteiger partial charge in [-0.1, -0.05) is 19.4 Å². The van der Waals surface area contributed by atoms with Gasteiger partial charge >= 0.3 is 6.18 Å². The molecule has 8 heteroatoms. The molecule has 1 aromatic carbocycles. The van der Waals surface area contributed by atoms with Crippen molar-refractivity contribution >= 4 is 0 Å². The minimum atomic E-state index is -4.41. The van der Waals surface area contributed by atoms with E-state index in [-0.39, 0.29) is 24.1 Å². The van der Waals surface area contributed by atoms with E-state index in [0.29, 0.717) is 6.61 Å². The van der Waals surface area contributed by atoms with Gasteiger partial charge in [-0.3, -0.25) is 0 Å². The van der Waals surface area contributed by atoms with Crippen LogP contribution in [-0.2, 0) is 6.18 Å². The van der Waals surface area contributed by atoms with Gasteiger partial charge in [-0.15, -0.1) is 5.06 Å². The van der Waals surface area contributed by atoms with Crippen LogP contribution < -0.4 is 14.3 Å². The van der Waals surface area contributed by atoms with Gasteiger partial charge in [0.2, 0.25) is 5.88 Å². The van der Waals surface area contributed by atoms with Crippen LogP contribution >= 0.6 is 0 Å². The van der Waals surface area contributed by atoms with E-state index in [9.17, 15) is 13.2 Å². The van der Waals surface area contributed by atoms with Gasteiger partial charge < -0.3 is 14.3 Å². The lowest BCUT2D eigenvalue weighted by molar-refractivity contribution is -0.185. The molecule has 174 valence electrons. The second-order valence-corrected chi connectivity index (χ2v) is 8.58. The molecule has 4 rings (SSSR count). The molecule has 2 saturated heterocycles. The molecule has 0 spiro atoms. The van der Waals surface area contributed by atoms with E-state index >= 15 is 0 Å². The van der Waals surface area contributed by atoms with Crippen LogP contribution in [0.2, 0.25) is 0 Å². The summed E-state index contributed by atoms with van der Waals surface area (Å²) in [6, 6.07) is 8.52. The highest BCUT2D eigenvalue weighted by molar-refractivity contribution is 5.42. The van der Waals surface area contributed by atoms with Crippen molar-refractivity contribution in [2.45, 2.75) is 76.7 Å². The number of hydrogen-bond acceptors (Lipinski definition) is 5. The Balaban J connectivity index is 1.43. The molecular weight excluding hydrogens is 421 g/mol. The number of pyridine rings is 1. The second-order valence-electron chi connectivity index (χ2n) is 8.58. The molecule has 0 amide bonds. The topological polar surface area (TPSA) is 43.8 Å². The van der Waals surface area contributed by atoms with Crippen molar-refractivity contribution in [3.8, 4) is 17.4 Å². The first-order valence-corrected chi connectivity index (χ1v) is 11.2. The maximum atomic E-state index is 12.8. The molecule has 1 aromatic heterocycles. The second kappa shape index (κ2) is 9.57. The van der Waals surface area contributed by atoms with Gasteiger partial charge in [0.15, 0.2) is 11.5 Å². The molecule has 2 bridgehead atoms. The fourth-order valence-corrected chi connectivity index (χ4v) is 4.46. The first-order chi connectivity index (χ1) is 15.3. The largest absolute Gasteiger partial charge is 0.490 e. The summed E-state index contributed by atoms with van der Waals surface area (Å²) in [7, 11) is 0.